The number of aromatic amines is 1. The van der Waals surface area contributed by atoms with Crippen molar-refractivity contribution < 1.29 is 0 Å². The second-order valence-corrected chi connectivity index (χ2v) is 6.10. The van der Waals surface area contributed by atoms with Gasteiger partial charge in [0.1, 0.15) is 0 Å². The van der Waals surface area contributed by atoms with Crippen molar-refractivity contribution in [2.75, 3.05) is 5.32 Å². The van der Waals surface area contributed by atoms with E-state index in [1.807, 2.05) is 54.6 Å². The van der Waals surface area contributed by atoms with Gasteiger partial charge in [0.25, 0.3) is 0 Å². The Bertz CT molecular complexity index is 1200. The van der Waals surface area contributed by atoms with Gasteiger partial charge < -0.3 is 10.3 Å². The molecule has 0 unspecified atom stereocenters. The maximum Gasteiger partial charge on any atom is 0.213 e. The monoisotopic (exact) mass is 332 g/mol. The first-order valence-electron chi connectivity index (χ1n) is 7.71. The van der Waals surface area contributed by atoms with Crippen LogP contribution >= 0.6 is 11.6 Å². The molecule has 0 amide bonds. The van der Waals surface area contributed by atoms with Crippen LogP contribution < -0.4 is 5.32 Å². The van der Waals surface area contributed by atoms with E-state index in [2.05, 4.69) is 26.8 Å². The molecular formula is C19H13ClN4. The number of halogens is 1. The van der Waals surface area contributed by atoms with Gasteiger partial charge in [-0.1, -0.05) is 41.9 Å². The highest BCUT2D eigenvalue weighted by Crippen LogP contribution is 2.32. The van der Waals surface area contributed by atoms with Crippen molar-refractivity contribution in [3.63, 3.8) is 0 Å². The average Bonchev–Trinajstić information content (AvgIpc) is 3.13. The molecule has 116 valence electrons. The van der Waals surface area contributed by atoms with Crippen LogP contribution in [0.4, 0.5) is 11.4 Å². The Morgan fingerprint density at radius 1 is 0.875 bits per heavy atom. The van der Waals surface area contributed by atoms with E-state index in [9.17, 15) is 0 Å². The molecule has 3 aromatic carbocycles. The first-order valence-corrected chi connectivity index (χ1v) is 8.08. The van der Waals surface area contributed by atoms with Gasteiger partial charge in [-0.15, -0.1) is 0 Å². The molecule has 0 atom stereocenters. The van der Waals surface area contributed by atoms with Crippen LogP contribution in [0.1, 0.15) is 0 Å². The molecule has 5 rings (SSSR count). The molecule has 0 aliphatic carbocycles. The third-order valence-electron chi connectivity index (χ3n) is 4.21. The third kappa shape index (κ3) is 1.90. The highest BCUT2D eigenvalue weighted by Gasteiger charge is 2.14. The van der Waals surface area contributed by atoms with E-state index in [0.29, 0.717) is 5.02 Å². The Morgan fingerprint density at radius 3 is 2.58 bits per heavy atom. The summed E-state index contributed by atoms with van der Waals surface area (Å²) in [5, 5.41) is 4.13. The summed E-state index contributed by atoms with van der Waals surface area (Å²) in [6, 6.07) is 22.0. The van der Waals surface area contributed by atoms with Crippen LogP contribution in [0, 0.1) is 0 Å². The molecular weight excluding hydrogens is 320 g/mol. The summed E-state index contributed by atoms with van der Waals surface area (Å²) < 4.78 is 2.14. The van der Waals surface area contributed by atoms with E-state index in [1.165, 1.54) is 0 Å². The van der Waals surface area contributed by atoms with Crippen molar-refractivity contribution in [2.45, 2.75) is 0 Å². The van der Waals surface area contributed by atoms with E-state index in [1.54, 1.807) is 0 Å². The number of aromatic nitrogens is 3. The molecule has 0 fully saturated rings. The topological polar surface area (TPSA) is 45.1 Å². The van der Waals surface area contributed by atoms with Crippen molar-refractivity contribution in [2.24, 2.45) is 0 Å². The van der Waals surface area contributed by atoms with E-state index < -0.39 is 0 Å². The number of anilines is 2. The number of nitrogens with zero attached hydrogens (tertiary/aromatic N) is 2. The van der Waals surface area contributed by atoms with E-state index in [4.69, 9.17) is 16.6 Å². The van der Waals surface area contributed by atoms with Crippen molar-refractivity contribution in [3.05, 3.63) is 71.8 Å². The van der Waals surface area contributed by atoms with Crippen LogP contribution in [-0.2, 0) is 0 Å². The summed E-state index contributed by atoms with van der Waals surface area (Å²) in [6.45, 7) is 0. The Morgan fingerprint density at radius 2 is 1.67 bits per heavy atom. The van der Waals surface area contributed by atoms with E-state index >= 15 is 0 Å². The quantitative estimate of drug-likeness (QED) is 0.456. The number of para-hydroxylation sites is 4. The van der Waals surface area contributed by atoms with Gasteiger partial charge in [-0.05, 0) is 36.4 Å². The molecule has 0 radical (unpaired) electrons. The van der Waals surface area contributed by atoms with Crippen molar-refractivity contribution in [1.29, 1.82) is 0 Å². The third-order valence-corrected chi connectivity index (χ3v) is 4.54. The lowest BCUT2D eigenvalue weighted by molar-refractivity contribution is 1.28. The molecule has 2 heterocycles. The predicted molar refractivity (Wildman–Crippen MR) is 99.3 cm³/mol. The number of hydrogen-bond donors (Lipinski definition) is 2. The predicted octanol–water partition coefficient (Wildman–Crippen LogP) is 5.37. The van der Waals surface area contributed by atoms with Gasteiger partial charge in [-0.25, -0.2) is 4.98 Å². The molecule has 5 aromatic rings. The molecule has 0 bridgehead atoms. The number of rotatable bonds is 2. The first kappa shape index (κ1) is 13.5. The summed E-state index contributed by atoms with van der Waals surface area (Å²) >= 11 is 6.30. The second-order valence-electron chi connectivity index (χ2n) is 5.69. The smallest absolute Gasteiger partial charge is 0.213 e. The summed E-state index contributed by atoms with van der Waals surface area (Å²) in [4.78, 5) is 8.08. The van der Waals surface area contributed by atoms with Crippen LogP contribution in [0.5, 0.6) is 0 Å². The Hall–Kier alpha value is -2.98. The minimum Gasteiger partial charge on any atom is -0.353 e. The molecule has 0 spiro atoms. The number of fused-ring (bicyclic) bond motifs is 5. The van der Waals surface area contributed by atoms with Gasteiger partial charge in [0.2, 0.25) is 5.78 Å². The maximum atomic E-state index is 6.30. The summed E-state index contributed by atoms with van der Waals surface area (Å²) in [7, 11) is 0. The fourth-order valence-corrected chi connectivity index (χ4v) is 3.33. The van der Waals surface area contributed by atoms with Crippen LogP contribution in [0.2, 0.25) is 5.02 Å². The zero-order chi connectivity index (χ0) is 16.1. The second kappa shape index (κ2) is 5.01. The zero-order valence-electron chi connectivity index (χ0n) is 12.6. The molecule has 0 aliphatic heterocycles. The fourth-order valence-electron chi connectivity index (χ4n) is 3.15. The van der Waals surface area contributed by atoms with Gasteiger partial charge in [0.05, 0.1) is 38.5 Å². The lowest BCUT2D eigenvalue weighted by Crippen LogP contribution is -1.93. The highest BCUT2D eigenvalue weighted by molar-refractivity contribution is 6.33. The minimum absolute atomic E-state index is 0.689. The summed E-state index contributed by atoms with van der Waals surface area (Å²) in [5.41, 5.74) is 5.98. The Labute approximate surface area is 142 Å². The molecule has 4 nitrogen and oxygen atoms in total. The van der Waals surface area contributed by atoms with Gasteiger partial charge in [0, 0.05) is 0 Å². The molecule has 0 aliphatic rings. The van der Waals surface area contributed by atoms with Crippen molar-refractivity contribution in [3.8, 4) is 0 Å². The van der Waals surface area contributed by atoms with Crippen LogP contribution in [0.25, 0.3) is 27.8 Å². The van der Waals surface area contributed by atoms with Crippen molar-refractivity contribution >= 4 is 50.8 Å². The maximum absolute atomic E-state index is 6.30. The number of benzene rings is 3. The van der Waals surface area contributed by atoms with Gasteiger partial charge >= 0.3 is 0 Å². The molecule has 2 aromatic heterocycles. The SMILES string of the molecule is Clc1ccccc1Nc1cccc2nc3[nH]c4ccccc4n3c12. The zero-order valence-corrected chi connectivity index (χ0v) is 13.4. The average molecular weight is 333 g/mol. The van der Waals surface area contributed by atoms with E-state index in [0.717, 1.165) is 39.2 Å². The molecule has 2 N–H and O–H groups in total. The van der Waals surface area contributed by atoms with Crippen LogP contribution in [0.15, 0.2) is 66.7 Å². The van der Waals surface area contributed by atoms with Crippen LogP contribution in [-0.4, -0.2) is 14.4 Å². The number of imidazole rings is 2. The van der Waals surface area contributed by atoms with Gasteiger partial charge in [-0.2, -0.15) is 0 Å². The Balaban J connectivity index is 1.82. The standard InChI is InChI=1S/C19H13ClN4/c20-12-6-1-2-7-13(12)21-15-9-5-10-16-18(15)24-17-11-4-3-8-14(17)22-19(24)23-16/h1-11,21H,(H,22,23). The molecule has 0 saturated carbocycles. The normalized spacial score (nSPS) is 11.5. The van der Waals surface area contributed by atoms with Gasteiger partial charge in [-0.3, -0.25) is 4.40 Å². The molecule has 5 heteroatoms. The van der Waals surface area contributed by atoms with E-state index in [-0.39, 0.29) is 0 Å². The van der Waals surface area contributed by atoms with Crippen LogP contribution in [0.3, 0.4) is 0 Å². The van der Waals surface area contributed by atoms with Gasteiger partial charge in [0.15, 0.2) is 0 Å². The minimum atomic E-state index is 0.689. The molecule has 0 saturated heterocycles. The fraction of sp³-hybridized carbons (Fsp3) is 0. The Kier molecular flexibility index (Phi) is 2.81. The summed E-state index contributed by atoms with van der Waals surface area (Å²) in [6.07, 6.45) is 0. The number of hydrogen-bond acceptors (Lipinski definition) is 2. The largest absolute Gasteiger partial charge is 0.353 e. The summed E-state index contributed by atoms with van der Waals surface area (Å²) in [5.74, 6) is 0.833. The first-order chi connectivity index (χ1) is 11.8. The lowest BCUT2D eigenvalue weighted by atomic mass is 10.2. The number of nitrogens with one attached hydrogen (secondary N) is 2. The van der Waals surface area contributed by atoms with Crippen molar-refractivity contribution in [1.82, 2.24) is 14.4 Å². The highest BCUT2D eigenvalue weighted by atomic mass is 35.5. The lowest BCUT2D eigenvalue weighted by Gasteiger charge is -2.09. The number of H-pyrrole nitrogens is 1. The molecule has 24 heavy (non-hydrogen) atoms.